The van der Waals surface area contributed by atoms with Gasteiger partial charge in [0.15, 0.2) is 0 Å². The van der Waals surface area contributed by atoms with E-state index in [1.807, 2.05) is 18.9 Å². The van der Waals surface area contributed by atoms with Gasteiger partial charge in [-0.15, -0.1) is 0 Å². The number of amides is 3. The van der Waals surface area contributed by atoms with Gasteiger partial charge in [0.1, 0.15) is 5.66 Å². The van der Waals surface area contributed by atoms with E-state index in [4.69, 9.17) is 4.84 Å². The number of hydrogen-bond donors (Lipinski definition) is 2. The first-order valence-corrected chi connectivity index (χ1v) is 12.6. The number of piperidine rings is 1. The molecular weight excluding hydrogens is 392 g/mol. The number of hydrogen-bond acceptors (Lipinski definition) is 4. The largest absolute Gasteiger partial charge is 0.334 e. The maximum atomic E-state index is 13.6. The topological polar surface area (TPSA) is 73.9 Å². The molecule has 1 saturated heterocycles. The van der Waals surface area contributed by atoms with Crippen molar-refractivity contribution in [3.63, 3.8) is 0 Å². The summed E-state index contributed by atoms with van der Waals surface area (Å²) in [6.45, 7) is 5.41. The first-order chi connectivity index (χ1) is 15.0. The fourth-order valence-electron chi connectivity index (χ4n) is 5.51. The normalized spacial score (nSPS) is 23.4. The Labute approximate surface area is 189 Å². The zero-order chi connectivity index (χ0) is 22.7. The molecule has 2 atom stereocenters. The number of carbonyl (C=O) groups is 2. The highest BCUT2D eigenvalue weighted by molar-refractivity contribution is 5.79. The van der Waals surface area contributed by atoms with Crippen LogP contribution in [0.15, 0.2) is 0 Å². The van der Waals surface area contributed by atoms with Crippen molar-refractivity contribution in [2.24, 2.45) is 5.92 Å². The summed E-state index contributed by atoms with van der Waals surface area (Å²) < 4.78 is 0. The second kappa shape index (κ2) is 13.3. The van der Waals surface area contributed by atoms with Crippen molar-refractivity contribution in [1.29, 1.82) is 0 Å². The summed E-state index contributed by atoms with van der Waals surface area (Å²) in [5.41, 5.74) is -0.699. The van der Waals surface area contributed by atoms with E-state index in [2.05, 4.69) is 17.6 Å². The van der Waals surface area contributed by atoms with Gasteiger partial charge in [-0.3, -0.25) is 14.5 Å². The Morgan fingerprint density at radius 1 is 1.16 bits per heavy atom. The maximum Gasteiger partial charge on any atom is 0.319 e. The minimum Gasteiger partial charge on any atom is -0.334 e. The number of urea groups is 1. The molecule has 0 bridgehead atoms. The Balaban J connectivity index is 2.21. The summed E-state index contributed by atoms with van der Waals surface area (Å²) in [4.78, 5) is 34.0. The third-order valence-corrected chi connectivity index (χ3v) is 7.10. The lowest BCUT2D eigenvalue weighted by molar-refractivity contribution is -0.244. The van der Waals surface area contributed by atoms with Crippen LogP contribution in [0.4, 0.5) is 4.79 Å². The molecule has 2 fully saturated rings. The molecule has 0 aromatic heterocycles. The number of rotatable bonds is 11. The van der Waals surface area contributed by atoms with Crippen LogP contribution in [-0.4, -0.2) is 60.9 Å². The second-order valence-corrected chi connectivity index (χ2v) is 9.36. The number of unbranched alkanes of at least 4 members (excludes halogenated alkanes) is 1. The number of hydroxylamine groups is 2. The smallest absolute Gasteiger partial charge is 0.319 e. The molecule has 1 aliphatic heterocycles. The van der Waals surface area contributed by atoms with E-state index in [0.717, 1.165) is 51.5 Å². The van der Waals surface area contributed by atoms with Crippen molar-refractivity contribution in [2.45, 2.75) is 109 Å². The van der Waals surface area contributed by atoms with Gasteiger partial charge in [-0.2, -0.15) is 5.06 Å². The lowest BCUT2D eigenvalue weighted by Crippen LogP contribution is -2.67. The molecule has 7 heteroatoms. The molecular formula is C24H46N4O3. The van der Waals surface area contributed by atoms with Crippen molar-refractivity contribution in [2.75, 3.05) is 27.2 Å². The zero-order valence-electron chi connectivity index (χ0n) is 20.4. The lowest BCUT2D eigenvalue weighted by Gasteiger charge is -2.52. The standard InChI is InChI=1S/C24H46N4O3/c1-5-7-15-24(28(31-4)22(29)6-2)16-11-12-17-27(24)23(30)26-21(19-25-3)18-20-13-9-8-10-14-20/h20-21,25H,5-19H2,1-4H3,(H,26,30). The highest BCUT2D eigenvalue weighted by Crippen LogP contribution is 2.37. The van der Waals surface area contributed by atoms with E-state index in [9.17, 15) is 9.59 Å². The van der Waals surface area contributed by atoms with Crippen LogP contribution in [0.3, 0.4) is 0 Å². The Morgan fingerprint density at radius 3 is 2.52 bits per heavy atom. The van der Waals surface area contributed by atoms with Crippen molar-refractivity contribution >= 4 is 11.9 Å². The molecule has 180 valence electrons. The van der Waals surface area contributed by atoms with Crippen molar-refractivity contribution in [3.05, 3.63) is 0 Å². The zero-order valence-corrected chi connectivity index (χ0v) is 20.4. The monoisotopic (exact) mass is 438 g/mol. The molecule has 2 N–H and O–H groups in total. The fraction of sp³-hybridized carbons (Fsp3) is 0.917. The number of likely N-dealkylation sites (N-methyl/N-ethyl adjacent to an activating group) is 1. The van der Waals surface area contributed by atoms with Crippen LogP contribution >= 0.6 is 0 Å². The Hall–Kier alpha value is -1.34. The van der Waals surface area contributed by atoms with E-state index in [-0.39, 0.29) is 18.0 Å². The Bertz CT molecular complexity index is 553. The third-order valence-electron chi connectivity index (χ3n) is 7.10. The second-order valence-electron chi connectivity index (χ2n) is 9.36. The summed E-state index contributed by atoms with van der Waals surface area (Å²) in [6.07, 6.45) is 13.3. The van der Waals surface area contributed by atoms with E-state index in [1.54, 1.807) is 7.11 Å². The van der Waals surface area contributed by atoms with Gasteiger partial charge in [0.2, 0.25) is 5.91 Å². The predicted octanol–water partition coefficient (Wildman–Crippen LogP) is 4.43. The van der Waals surface area contributed by atoms with Gasteiger partial charge in [0.05, 0.1) is 7.11 Å². The Morgan fingerprint density at radius 2 is 1.90 bits per heavy atom. The van der Waals surface area contributed by atoms with E-state index < -0.39 is 5.66 Å². The molecule has 1 heterocycles. The highest BCUT2D eigenvalue weighted by atomic mass is 16.7. The maximum absolute atomic E-state index is 13.6. The summed E-state index contributed by atoms with van der Waals surface area (Å²) >= 11 is 0. The first kappa shape index (κ1) is 25.9. The van der Waals surface area contributed by atoms with Crippen LogP contribution in [0.2, 0.25) is 0 Å². The van der Waals surface area contributed by atoms with Gasteiger partial charge in [-0.05, 0) is 51.5 Å². The van der Waals surface area contributed by atoms with Crippen LogP contribution in [0.1, 0.15) is 97.3 Å². The van der Waals surface area contributed by atoms with Crippen molar-refractivity contribution in [1.82, 2.24) is 20.6 Å². The molecule has 2 unspecified atom stereocenters. The molecule has 1 saturated carbocycles. The van der Waals surface area contributed by atoms with E-state index in [1.165, 1.54) is 37.2 Å². The van der Waals surface area contributed by atoms with Gasteiger partial charge in [0, 0.05) is 25.6 Å². The molecule has 2 aliphatic rings. The van der Waals surface area contributed by atoms with Gasteiger partial charge in [-0.1, -0.05) is 52.4 Å². The average Bonchev–Trinajstić information content (AvgIpc) is 2.79. The minimum atomic E-state index is -0.699. The molecule has 7 nitrogen and oxygen atoms in total. The molecule has 0 spiro atoms. The van der Waals surface area contributed by atoms with Crippen LogP contribution in [0.25, 0.3) is 0 Å². The molecule has 1 aliphatic carbocycles. The third kappa shape index (κ3) is 6.82. The fourth-order valence-corrected chi connectivity index (χ4v) is 5.51. The van der Waals surface area contributed by atoms with Gasteiger partial charge in [0.25, 0.3) is 0 Å². The van der Waals surface area contributed by atoms with Crippen molar-refractivity contribution in [3.8, 4) is 0 Å². The molecule has 3 amide bonds. The van der Waals surface area contributed by atoms with Gasteiger partial charge < -0.3 is 10.6 Å². The highest BCUT2D eigenvalue weighted by Gasteiger charge is 2.48. The van der Waals surface area contributed by atoms with Gasteiger partial charge in [-0.25, -0.2) is 4.79 Å². The number of carbonyl (C=O) groups excluding carboxylic acids is 2. The minimum absolute atomic E-state index is 0.0576. The number of nitrogens with zero attached hydrogens (tertiary/aromatic N) is 2. The molecule has 2 rings (SSSR count). The van der Waals surface area contributed by atoms with Crippen LogP contribution in [0.5, 0.6) is 0 Å². The Kier molecular flexibility index (Phi) is 11.1. The summed E-state index contributed by atoms with van der Waals surface area (Å²) in [5, 5.41) is 8.10. The first-order valence-electron chi connectivity index (χ1n) is 12.6. The predicted molar refractivity (Wildman–Crippen MR) is 124 cm³/mol. The van der Waals surface area contributed by atoms with Crippen LogP contribution in [-0.2, 0) is 9.63 Å². The number of likely N-dealkylation sites (tertiary alicyclic amines) is 1. The average molecular weight is 439 g/mol. The molecule has 0 radical (unpaired) electrons. The van der Waals surface area contributed by atoms with Crippen molar-refractivity contribution < 1.29 is 14.4 Å². The molecule has 31 heavy (non-hydrogen) atoms. The summed E-state index contributed by atoms with van der Waals surface area (Å²) in [7, 11) is 3.50. The molecule has 0 aromatic carbocycles. The molecule has 0 aromatic rings. The van der Waals surface area contributed by atoms with E-state index in [0.29, 0.717) is 18.9 Å². The van der Waals surface area contributed by atoms with E-state index >= 15 is 0 Å². The van der Waals surface area contributed by atoms with Crippen LogP contribution < -0.4 is 10.6 Å². The van der Waals surface area contributed by atoms with Gasteiger partial charge >= 0.3 is 6.03 Å². The quantitative estimate of drug-likeness (QED) is 0.468. The lowest BCUT2D eigenvalue weighted by atomic mass is 9.84. The summed E-state index contributed by atoms with van der Waals surface area (Å²) in [6, 6.07) is 0.0436. The SMILES string of the molecule is CCCCC1(N(OC)C(=O)CC)CCCCN1C(=O)NC(CNC)CC1CCCCC1. The summed E-state index contributed by atoms with van der Waals surface area (Å²) in [5.74, 6) is 0.628. The number of nitrogens with one attached hydrogen (secondary N) is 2. The van der Waals surface area contributed by atoms with Crippen LogP contribution in [0, 0.1) is 5.92 Å².